The van der Waals surface area contributed by atoms with Crippen LogP contribution in [0.4, 0.5) is 11.6 Å². The Hall–Kier alpha value is -3.15. The van der Waals surface area contributed by atoms with Crippen molar-refractivity contribution in [2.75, 3.05) is 37.0 Å². The number of fused-ring (bicyclic) bond motifs is 2. The molecule has 26 heavy (non-hydrogen) atoms. The first-order valence-corrected chi connectivity index (χ1v) is 8.62. The molecule has 4 rings (SSSR count). The minimum atomic E-state index is -0.122. The van der Waals surface area contributed by atoms with Crippen molar-refractivity contribution in [3.05, 3.63) is 54.1 Å². The maximum atomic E-state index is 13.3. The number of para-hydroxylation sites is 3. The molecule has 6 heteroatoms. The van der Waals surface area contributed by atoms with Crippen LogP contribution in [0.1, 0.15) is 16.8 Å². The quantitative estimate of drug-likeness (QED) is 0.712. The highest BCUT2D eigenvalue weighted by Crippen LogP contribution is 2.32. The molecular formula is C20H20N4O2. The number of aromatic nitrogens is 2. The summed E-state index contributed by atoms with van der Waals surface area (Å²) >= 11 is 0. The van der Waals surface area contributed by atoms with Crippen molar-refractivity contribution in [1.29, 1.82) is 0 Å². The lowest BCUT2D eigenvalue weighted by Gasteiger charge is -2.23. The molecule has 0 spiro atoms. The smallest absolute Gasteiger partial charge is 0.263 e. The Bertz CT molecular complexity index is 973. The molecule has 132 valence electrons. The van der Waals surface area contributed by atoms with Crippen LogP contribution in [0, 0.1) is 0 Å². The van der Waals surface area contributed by atoms with Gasteiger partial charge in [0.25, 0.3) is 5.91 Å². The average molecular weight is 348 g/mol. The van der Waals surface area contributed by atoms with E-state index in [0.29, 0.717) is 23.7 Å². The molecule has 0 atom stereocenters. The third kappa shape index (κ3) is 2.73. The first kappa shape index (κ1) is 16.3. The standard InChI is InChI=1S/C20H20N4O2/c1-23-12-7-13-24(20(25)14-8-3-6-11-17(14)26-2)19-18(23)21-15-9-4-5-10-16(15)22-19/h3-6,8-11H,7,12-13H2,1-2H3. The van der Waals surface area contributed by atoms with Crippen molar-refractivity contribution in [1.82, 2.24) is 9.97 Å². The molecule has 0 saturated carbocycles. The van der Waals surface area contributed by atoms with E-state index in [9.17, 15) is 4.79 Å². The number of benzene rings is 2. The van der Waals surface area contributed by atoms with Crippen LogP contribution >= 0.6 is 0 Å². The number of hydrogen-bond acceptors (Lipinski definition) is 5. The topological polar surface area (TPSA) is 58.6 Å². The number of carbonyl (C=O) groups is 1. The van der Waals surface area contributed by atoms with E-state index < -0.39 is 0 Å². The predicted octanol–water partition coefficient (Wildman–Crippen LogP) is 3.13. The highest BCUT2D eigenvalue weighted by atomic mass is 16.5. The van der Waals surface area contributed by atoms with E-state index in [1.54, 1.807) is 24.1 Å². The van der Waals surface area contributed by atoms with E-state index >= 15 is 0 Å². The number of methoxy groups -OCH3 is 1. The Labute approximate surface area is 152 Å². The Morgan fingerprint density at radius 3 is 2.35 bits per heavy atom. The van der Waals surface area contributed by atoms with Crippen LogP contribution < -0.4 is 14.5 Å². The first-order valence-electron chi connectivity index (χ1n) is 8.62. The third-order valence-corrected chi connectivity index (χ3v) is 4.61. The SMILES string of the molecule is COc1ccccc1C(=O)N1CCCN(C)c2nc3ccccc3nc21. The lowest BCUT2D eigenvalue weighted by Crippen LogP contribution is -2.32. The second-order valence-electron chi connectivity index (χ2n) is 6.29. The minimum Gasteiger partial charge on any atom is -0.496 e. The number of nitrogens with zero attached hydrogens (tertiary/aromatic N) is 4. The second-order valence-corrected chi connectivity index (χ2v) is 6.29. The molecule has 1 aliphatic rings. The second kappa shape index (κ2) is 6.63. The van der Waals surface area contributed by atoms with Gasteiger partial charge in [-0.2, -0.15) is 0 Å². The zero-order valence-corrected chi connectivity index (χ0v) is 14.8. The molecule has 2 heterocycles. The van der Waals surface area contributed by atoms with E-state index in [1.165, 1.54) is 0 Å². The van der Waals surface area contributed by atoms with Crippen LogP contribution in [-0.4, -0.2) is 43.1 Å². The summed E-state index contributed by atoms with van der Waals surface area (Å²) in [5.41, 5.74) is 2.13. The van der Waals surface area contributed by atoms with Crippen molar-refractivity contribution in [3.8, 4) is 5.75 Å². The van der Waals surface area contributed by atoms with E-state index in [0.717, 1.165) is 29.8 Å². The molecule has 6 nitrogen and oxygen atoms in total. The van der Waals surface area contributed by atoms with Crippen LogP contribution in [0.2, 0.25) is 0 Å². The lowest BCUT2D eigenvalue weighted by atomic mass is 10.1. The van der Waals surface area contributed by atoms with Gasteiger partial charge in [-0.15, -0.1) is 0 Å². The molecule has 0 N–H and O–H groups in total. The van der Waals surface area contributed by atoms with Gasteiger partial charge in [0.05, 0.1) is 23.7 Å². The highest BCUT2D eigenvalue weighted by Gasteiger charge is 2.28. The van der Waals surface area contributed by atoms with Gasteiger partial charge in [0.15, 0.2) is 11.6 Å². The van der Waals surface area contributed by atoms with Crippen molar-refractivity contribution in [3.63, 3.8) is 0 Å². The fourth-order valence-corrected chi connectivity index (χ4v) is 3.26. The zero-order chi connectivity index (χ0) is 18.1. The number of carbonyl (C=O) groups excluding carboxylic acids is 1. The van der Waals surface area contributed by atoms with Crippen LogP contribution in [0.15, 0.2) is 48.5 Å². The van der Waals surface area contributed by atoms with Crippen molar-refractivity contribution in [2.24, 2.45) is 0 Å². The normalized spacial score (nSPS) is 14.1. The summed E-state index contributed by atoms with van der Waals surface area (Å²) in [6.45, 7) is 1.40. The predicted molar refractivity (Wildman–Crippen MR) is 102 cm³/mol. The first-order chi connectivity index (χ1) is 12.7. The zero-order valence-electron chi connectivity index (χ0n) is 14.8. The summed E-state index contributed by atoms with van der Waals surface area (Å²) in [7, 11) is 3.56. The fraction of sp³-hybridized carbons (Fsp3) is 0.250. The Kier molecular flexibility index (Phi) is 4.16. The van der Waals surface area contributed by atoms with E-state index in [-0.39, 0.29) is 5.91 Å². The highest BCUT2D eigenvalue weighted by molar-refractivity contribution is 6.09. The van der Waals surface area contributed by atoms with Crippen LogP contribution in [-0.2, 0) is 0 Å². The molecule has 0 fully saturated rings. The van der Waals surface area contributed by atoms with E-state index in [4.69, 9.17) is 14.7 Å². The maximum Gasteiger partial charge on any atom is 0.263 e. The minimum absolute atomic E-state index is 0.122. The van der Waals surface area contributed by atoms with Gasteiger partial charge < -0.3 is 9.64 Å². The number of amides is 1. The van der Waals surface area contributed by atoms with Gasteiger partial charge in [-0.05, 0) is 30.7 Å². The van der Waals surface area contributed by atoms with Gasteiger partial charge in [-0.1, -0.05) is 24.3 Å². The molecule has 3 aromatic rings. The maximum absolute atomic E-state index is 13.3. The molecule has 0 aliphatic carbocycles. The molecule has 0 saturated heterocycles. The van der Waals surface area contributed by atoms with Crippen LogP contribution in [0.25, 0.3) is 11.0 Å². The van der Waals surface area contributed by atoms with Gasteiger partial charge >= 0.3 is 0 Å². The van der Waals surface area contributed by atoms with Gasteiger partial charge in [0.2, 0.25) is 0 Å². The molecule has 0 radical (unpaired) electrons. The Morgan fingerprint density at radius 1 is 0.962 bits per heavy atom. The molecule has 1 aromatic heterocycles. The summed E-state index contributed by atoms with van der Waals surface area (Å²) in [5.74, 6) is 1.76. The third-order valence-electron chi connectivity index (χ3n) is 4.61. The van der Waals surface area contributed by atoms with Crippen molar-refractivity contribution >= 4 is 28.6 Å². The molecule has 2 aromatic carbocycles. The Balaban J connectivity index is 1.86. The van der Waals surface area contributed by atoms with E-state index in [1.807, 2.05) is 43.4 Å². The number of ether oxygens (including phenoxy) is 1. The largest absolute Gasteiger partial charge is 0.496 e. The molecular weight excluding hydrogens is 328 g/mol. The van der Waals surface area contributed by atoms with Gasteiger partial charge in [-0.25, -0.2) is 9.97 Å². The monoisotopic (exact) mass is 348 g/mol. The van der Waals surface area contributed by atoms with Crippen LogP contribution in [0.5, 0.6) is 5.75 Å². The lowest BCUT2D eigenvalue weighted by molar-refractivity contribution is 0.0983. The fourth-order valence-electron chi connectivity index (χ4n) is 3.26. The van der Waals surface area contributed by atoms with Crippen molar-refractivity contribution < 1.29 is 9.53 Å². The van der Waals surface area contributed by atoms with Crippen molar-refractivity contribution in [2.45, 2.75) is 6.42 Å². The number of hydrogen-bond donors (Lipinski definition) is 0. The number of rotatable bonds is 2. The average Bonchev–Trinajstić information content (AvgIpc) is 2.84. The van der Waals surface area contributed by atoms with Gasteiger partial charge in [0.1, 0.15) is 5.75 Å². The molecule has 1 amide bonds. The summed E-state index contributed by atoms with van der Waals surface area (Å²) in [4.78, 5) is 26.6. The molecule has 1 aliphatic heterocycles. The molecule has 0 bridgehead atoms. The van der Waals surface area contributed by atoms with Crippen LogP contribution in [0.3, 0.4) is 0 Å². The van der Waals surface area contributed by atoms with E-state index in [2.05, 4.69) is 4.90 Å². The number of anilines is 2. The van der Waals surface area contributed by atoms with Gasteiger partial charge in [0, 0.05) is 20.1 Å². The molecule has 0 unspecified atom stereocenters. The Morgan fingerprint density at radius 2 is 1.62 bits per heavy atom. The summed E-state index contributed by atoms with van der Waals surface area (Å²) in [5, 5.41) is 0. The summed E-state index contributed by atoms with van der Waals surface area (Å²) in [6, 6.07) is 15.0. The van der Waals surface area contributed by atoms with Gasteiger partial charge in [-0.3, -0.25) is 9.69 Å². The summed E-state index contributed by atoms with van der Waals surface area (Å²) in [6.07, 6.45) is 0.839. The summed E-state index contributed by atoms with van der Waals surface area (Å²) < 4.78 is 5.37.